The average molecular weight is 621 g/mol. The normalized spacial score (nSPS) is 14.3. The predicted octanol–water partition coefficient (Wildman–Crippen LogP) is 6.76. The van der Waals surface area contributed by atoms with E-state index in [0.717, 1.165) is 88.2 Å². The van der Waals surface area contributed by atoms with Gasteiger partial charge in [-0.3, -0.25) is 25.0 Å². The largest absolute Gasteiger partial charge is 0.492 e. The van der Waals surface area contributed by atoms with E-state index in [2.05, 4.69) is 47.3 Å². The molecule has 6 aromatic rings. The Morgan fingerprint density at radius 1 is 0.957 bits per heavy atom. The number of likely N-dealkylation sites (tertiary alicyclic amines) is 1. The van der Waals surface area contributed by atoms with E-state index in [1.807, 2.05) is 24.3 Å². The topological polar surface area (TPSA) is 128 Å². The second-order valence-corrected chi connectivity index (χ2v) is 11.9. The minimum Gasteiger partial charge on any atom is -0.492 e. The first-order chi connectivity index (χ1) is 22.5. The zero-order valence-electron chi connectivity index (χ0n) is 25.8. The number of fused-ring (bicyclic) bond motifs is 2. The van der Waals surface area contributed by atoms with Crippen LogP contribution in [0, 0.1) is 5.82 Å². The number of anilines is 1. The van der Waals surface area contributed by atoms with Crippen LogP contribution in [0.1, 0.15) is 39.0 Å². The first-order valence-electron chi connectivity index (χ1n) is 15.9. The maximum Gasteiger partial charge on any atom is 0.127 e. The van der Waals surface area contributed by atoms with Crippen LogP contribution in [0.25, 0.3) is 55.6 Å². The summed E-state index contributed by atoms with van der Waals surface area (Å²) in [5, 5.41) is 22.9. The summed E-state index contributed by atoms with van der Waals surface area (Å²) >= 11 is 0. The summed E-state index contributed by atoms with van der Waals surface area (Å²) in [7, 11) is 0. The number of H-pyrrole nitrogens is 2. The molecule has 46 heavy (non-hydrogen) atoms. The van der Waals surface area contributed by atoms with Crippen LogP contribution in [-0.4, -0.2) is 72.6 Å². The molecule has 1 aliphatic rings. The Morgan fingerprint density at radius 3 is 2.70 bits per heavy atom. The van der Waals surface area contributed by atoms with Gasteiger partial charge in [0.1, 0.15) is 30.1 Å². The number of aromatic nitrogens is 6. The second kappa shape index (κ2) is 13.2. The summed E-state index contributed by atoms with van der Waals surface area (Å²) in [6.07, 6.45) is 13.1. The molecule has 0 saturated carbocycles. The maximum absolute atomic E-state index is 14.8. The first-order valence-corrected chi connectivity index (χ1v) is 15.9. The Hall–Kier alpha value is -4.87. The standard InChI is InChI=1S/C35H37FN8O2/c1-2-3-6-34(45)40-25-12-23(17-37-18-25)30-16-28-33(21-39-30)42-43-35(28)31-15-27-29(19-38-20-32(27)41-31)22-11-24(36)14-26(13-22)46-10-9-44-7-4-5-8-44/h11-21,34,40-41,45H,2-10H2,1H3,(H,42,43). The van der Waals surface area contributed by atoms with Crippen molar-refractivity contribution in [3.63, 3.8) is 0 Å². The predicted molar refractivity (Wildman–Crippen MR) is 178 cm³/mol. The molecule has 0 radical (unpaired) electrons. The quantitative estimate of drug-likeness (QED) is 0.111. The molecule has 0 spiro atoms. The second-order valence-electron chi connectivity index (χ2n) is 11.9. The van der Waals surface area contributed by atoms with E-state index in [-0.39, 0.29) is 5.82 Å². The van der Waals surface area contributed by atoms with E-state index in [9.17, 15) is 9.50 Å². The number of hydrogen-bond donors (Lipinski definition) is 4. The fourth-order valence-corrected chi connectivity index (χ4v) is 6.11. The van der Waals surface area contributed by atoms with Crippen molar-refractivity contribution in [1.29, 1.82) is 0 Å². The van der Waals surface area contributed by atoms with Crippen molar-refractivity contribution in [2.45, 2.75) is 45.3 Å². The zero-order chi connectivity index (χ0) is 31.5. The number of ether oxygens (including phenoxy) is 1. The lowest BCUT2D eigenvalue weighted by Gasteiger charge is -2.15. The SMILES string of the molecule is CCCCC(O)Nc1cncc(-c2cc3c(-c4cc5c(-c6cc(F)cc(OCCN7CCCC7)c6)cncc5[nH]4)n[nH]c3cn2)c1. The van der Waals surface area contributed by atoms with Gasteiger partial charge in [-0.1, -0.05) is 13.3 Å². The van der Waals surface area contributed by atoms with Gasteiger partial charge >= 0.3 is 0 Å². The molecule has 1 unspecified atom stereocenters. The molecule has 0 aliphatic carbocycles. The van der Waals surface area contributed by atoms with Crippen molar-refractivity contribution in [1.82, 2.24) is 35.0 Å². The number of rotatable bonds is 12. The van der Waals surface area contributed by atoms with Gasteiger partial charge in [-0.05, 0) is 74.7 Å². The number of hydrogen-bond acceptors (Lipinski definition) is 8. The van der Waals surface area contributed by atoms with Crippen LogP contribution in [0.3, 0.4) is 0 Å². The van der Waals surface area contributed by atoms with Crippen molar-refractivity contribution < 1.29 is 14.2 Å². The number of nitrogens with zero attached hydrogens (tertiary/aromatic N) is 5. The highest BCUT2D eigenvalue weighted by atomic mass is 19.1. The van der Waals surface area contributed by atoms with Gasteiger partial charge in [0, 0.05) is 46.9 Å². The summed E-state index contributed by atoms with van der Waals surface area (Å²) in [6.45, 7) is 5.63. The van der Waals surface area contributed by atoms with Crippen molar-refractivity contribution in [2.24, 2.45) is 0 Å². The molecule has 7 rings (SSSR count). The van der Waals surface area contributed by atoms with Crippen molar-refractivity contribution >= 4 is 27.5 Å². The highest BCUT2D eigenvalue weighted by molar-refractivity contribution is 6.01. The van der Waals surface area contributed by atoms with Crippen molar-refractivity contribution in [2.75, 3.05) is 31.6 Å². The van der Waals surface area contributed by atoms with E-state index in [4.69, 9.17) is 4.74 Å². The number of unbranched alkanes of at least 4 members (excludes halogenated alkanes) is 1. The summed E-state index contributed by atoms with van der Waals surface area (Å²) in [4.78, 5) is 19.3. The van der Waals surface area contributed by atoms with E-state index in [1.165, 1.54) is 25.0 Å². The molecule has 1 fully saturated rings. The molecule has 10 nitrogen and oxygen atoms in total. The van der Waals surface area contributed by atoms with Gasteiger partial charge in [-0.15, -0.1) is 0 Å². The van der Waals surface area contributed by atoms with Gasteiger partial charge < -0.3 is 20.1 Å². The molecular weight excluding hydrogens is 583 g/mol. The van der Waals surface area contributed by atoms with Crippen molar-refractivity contribution in [3.8, 4) is 39.5 Å². The fourth-order valence-electron chi connectivity index (χ4n) is 6.11. The highest BCUT2D eigenvalue weighted by Gasteiger charge is 2.17. The van der Waals surface area contributed by atoms with Gasteiger partial charge in [0.15, 0.2) is 0 Å². The Kier molecular flexibility index (Phi) is 8.58. The molecule has 5 aromatic heterocycles. The van der Waals surface area contributed by atoms with Gasteiger partial charge in [0.05, 0.1) is 46.7 Å². The molecule has 1 saturated heterocycles. The van der Waals surface area contributed by atoms with E-state index in [0.29, 0.717) is 24.3 Å². The minimum absolute atomic E-state index is 0.357. The monoisotopic (exact) mass is 620 g/mol. The molecule has 1 aliphatic heterocycles. The molecule has 1 atom stereocenters. The van der Waals surface area contributed by atoms with Gasteiger partial charge in [0.2, 0.25) is 0 Å². The van der Waals surface area contributed by atoms with Crippen LogP contribution in [-0.2, 0) is 0 Å². The van der Waals surface area contributed by atoms with Crippen molar-refractivity contribution in [3.05, 3.63) is 73.2 Å². The lowest BCUT2D eigenvalue weighted by atomic mass is 10.0. The third-order valence-electron chi connectivity index (χ3n) is 8.50. The molecule has 11 heteroatoms. The summed E-state index contributed by atoms with van der Waals surface area (Å²) in [5.41, 5.74) is 6.86. The number of benzene rings is 1. The van der Waals surface area contributed by atoms with Crippen LogP contribution >= 0.6 is 0 Å². The summed E-state index contributed by atoms with van der Waals surface area (Å²) < 4.78 is 20.8. The zero-order valence-corrected chi connectivity index (χ0v) is 25.8. The Bertz CT molecular complexity index is 1970. The van der Waals surface area contributed by atoms with Crippen LogP contribution in [0.2, 0.25) is 0 Å². The van der Waals surface area contributed by atoms with Crippen LogP contribution < -0.4 is 10.1 Å². The third kappa shape index (κ3) is 6.42. The maximum atomic E-state index is 14.8. The molecule has 4 N–H and O–H groups in total. The molecule has 0 amide bonds. The van der Waals surface area contributed by atoms with Gasteiger partial charge in [-0.25, -0.2) is 4.39 Å². The number of aliphatic hydroxyl groups is 1. The fraction of sp³-hybridized carbons (Fsp3) is 0.314. The average Bonchev–Trinajstić information content (AvgIpc) is 3.83. The first kappa shape index (κ1) is 29.8. The van der Waals surface area contributed by atoms with Crippen LogP contribution in [0.4, 0.5) is 10.1 Å². The van der Waals surface area contributed by atoms with Crippen LogP contribution in [0.5, 0.6) is 5.75 Å². The third-order valence-corrected chi connectivity index (χ3v) is 8.50. The lowest BCUT2D eigenvalue weighted by molar-refractivity contribution is 0.190. The van der Waals surface area contributed by atoms with Gasteiger partial charge in [-0.2, -0.15) is 5.10 Å². The number of aromatic amines is 2. The number of nitrogens with one attached hydrogen (secondary N) is 3. The molecule has 236 valence electrons. The number of aliphatic hydroxyl groups excluding tert-OH is 1. The Balaban J connectivity index is 1.17. The van der Waals surface area contributed by atoms with E-state index < -0.39 is 6.23 Å². The van der Waals surface area contributed by atoms with Gasteiger partial charge in [0.25, 0.3) is 0 Å². The smallest absolute Gasteiger partial charge is 0.127 e. The highest BCUT2D eigenvalue weighted by Crippen LogP contribution is 2.36. The molecule has 6 heterocycles. The summed E-state index contributed by atoms with van der Waals surface area (Å²) in [5.74, 6) is 0.147. The van der Waals surface area contributed by atoms with Crippen LogP contribution in [0.15, 0.2) is 67.4 Å². The minimum atomic E-state index is -0.638. The Labute approximate surface area is 266 Å². The number of pyridine rings is 3. The molecule has 1 aromatic carbocycles. The lowest BCUT2D eigenvalue weighted by Crippen LogP contribution is -2.25. The number of halogens is 1. The summed E-state index contributed by atoms with van der Waals surface area (Å²) in [6, 6.07) is 10.7. The molecular formula is C35H37FN8O2. The van der Waals surface area contributed by atoms with E-state index >= 15 is 0 Å². The molecule has 0 bridgehead atoms. The van der Waals surface area contributed by atoms with E-state index in [1.54, 1.807) is 31.0 Å². The Morgan fingerprint density at radius 2 is 1.83 bits per heavy atom.